The molecule has 0 unspecified atom stereocenters. The standard InChI is InChI=1S/C15H13FN2O/c1-10-8-11(19-2)6-7-14(10)18-15-5-3-4-13(16)12(15)9-17/h3-8,18H,1-2H3. The van der Waals surface area contributed by atoms with Crippen molar-refractivity contribution in [1.29, 1.82) is 5.26 Å². The lowest BCUT2D eigenvalue weighted by Crippen LogP contribution is -1.98. The van der Waals surface area contributed by atoms with Gasteiger partial charge in [-0.3, -0.25) is 0 Å². The lowest BCUT2D eigenvalue weighted by molar-refractivity contribution is 0.414. The molecule has 2 rings (SSSR count). The quantitative estimate of drug-likeness (QED) is 0.909. The van der Waals surface area contributed by atoms with Crippen LogP contribution in [0.3, 0.4) is 0 Å². The predicted molar refractivity (Wildman–Crippen MR) is 72.1 cm³/mol. The molecule has 0 bridgehead atoms. The van der Waals surface area contributed by atoms with Crippen molar-refractivity contribution in [3.05, 3.63) is 53.3 Å². The highest BCUT2D eigenvalue weighted by Gasteiger charge is 2.09. The summed E-state index contributed by atoms with van der Waals surface area (Å²) in [4.78, 5) is 0. The van der Waals surface area contributed by atoms with Gasteiger partial charge >= 0.3 is 0 Å². The molecule has 4 heteroatoms. The summed E-state index contributed by atoms with van der Waals surface area (Å²) in [5, 5.41) is 12.0. The number of anilines is 2. The molecule has 0 aliphatic rings. The molecule has 0 aromatic heterocycles. The number of nitrogens with zero attached hydrogens (tertiary/aromatic N) is 1. The van der Waals surface area contributed by atoms with Crippen molar-refractivity contribution in [2.45, 2.75) is 6.92 Å². The molecule has 0 spiro atoms. The van der Waals surface area contributed by atoms with Gasteiger partial charge in [0.1, 0.15) is 23.2 Å². The smallest absolute Gasteiger partial charge is 0.143 e. The van der Waals surface area contributed by atoms with Crippen LogP contribution in [0.25, 0.3) is 0 Å². The van der Waals surface area contributed by atoms with E-state index in [2.05, 4.69) is 5.32 Å². The number of methoxy groups -OCH3 is 1. The van der Waals surface area contributed by atoms with Crippen molar-refractivity contribution < 1.29 is 9.13 Å². The molecular weight excluding hydrogens is 243 g/mol. The summed E-state index contributed by atoms with van der Waals surface area (Å²) in [6.07, 6.45) is 0. The lowest BCUT2D eigenvalue weighted by Gasteiger charge is -2.12. The molecule has 96 valence electrons. The maximum absolute atomic E-state index is 13.5. The summed E-state index contributed by atoms with van der Waals surface area (Å²) in [5.74, 6) is 0.224. The van der Waals surface area contributed by atoms with Crippen molar-refractivity contribution in [3.63, 3.8) is 0 Å². The number of nitriles is 1. The van der Waals surface area contributed by atoms with E-state index in [4.69, 9.17) is 10.00 Å². The predicted octanol–water partition coefficient (Wildman–Crippen LogP) is 3.76. The Kier molecular flexibility index (Phi) is 3.67. The van der Waals surface area contributed by atoms with E-state index in [0.29, 0.717) is 5.69 Å². The number of ether oxygens (including phenoxy) is 1. The van der Waals surface area contributed by atoms with Crippen molar-refractivity contribution in [1.82, 2.24) is 0 Å². The number of benzene rings is 2. The Bertz CT molecular complexity index is 647. The van der Waals surface area contributed by atoms with Crippen molar-refractivity contribution in [2.24, 2.45) is 0 Å². The van der Waals surface area contributed by atoms with Crippen molar-refractivity contribution >= 4 is 11.4 Å². The first-order valence-electron chi connectivity index (χ1n) is 5.76. The monoisotopic (exact) mass is 256 g/mol. The molecule has 0 saturated carbocycles. The zero-order valence-electron chi connectivity index (χ0n) is 10.7. The number of hydrogen-bond donors (Lipinski definition) is 1. The number of nitrogens with one attached hydrogen (secondary N) is 1. The first-order valence-corrected chi connectivity index (χ1v) is 5.76. The van der Waals surface area contributed by atoms with Gasteiger partial charge in [0.2, 0.25) is 0 Å². The van der Waals surface area contributed by atoms with Crippen LogP contribution in [0.2, 0.25) is 0 Å². The SMILES string of the molecule is COc1ccc(Nc2cccc(F)c2C#N)c(C)c1. The molecule has 2 aromatic carbocycles. The highest BCUT2D eigenvalue weighted by molar-refractivity contribution is 5.69. The second-order valence-corrected chi connectivity index (χ2v) is 4.08. The maximum atomic E-state index is 13.5. The Labute approximate surface area is 111 Å². The molecule has 1 N–H and O–H groups in total. The summed E-state index contributed by atoms with van der Waals surface area (Å²) in [7, 11) is 1.60. The molecule has 0 amide bonds. The summed E-state index contributed by atoms with van der Waals surface area (Å²) < 4.78 is 18.6. The Morgan fingerprint density at radius 3 is 2.63 bits per heavy atom. The highest BCUT2D eigenvalue weighted by Crippen LogP contribution is 2.27. The van der Waals surface area contributed by atoms with E-state index in [1.165, 1.54) is 6.07 Å². The second-order valence-electron chi connectivity index (χ2n) is 4.08. The van der Waals surface area contributed by atoms with Gasteiger partial charge in [-0.25, -0.2) is 4.39 Å². The first-order chi connectivity index (χ1) is 9.15. The molecule has 0 saturated heterocycles. The highest BCUT2D eigenvalue weighted by atomic mass is 19.1. The fraction of sp³-hybridized carbons (Fsp3) is 0.133. The van der Waals surface area contributed by atoms with Gasteiger partial charge in [-0.05, 0) is 42.8 Å². The van der Waals surface area contributed by atoms with E-state index in [1.54, 1.807) is 25.3 Å². The molecule has 3 nitrogen and oxygen atoms in total. The van der Waals surface area contributed by atoms with E-state index < -0.39 is 5.82 Å². The number of halogens is 1. The Morgan fingerprint density at radius 1 is 1.21 bits per heavy atom. The van der Waals surface area contributed by atoms with Crippen LogP contribution in [0.4, 0.5) is 15.8 Å². The number of aryl methyl sites for hydroxylation is 1. The Balaban J connectivity index is 2.37. The van der Waals surface area contributed by atoms with Crippen molar-refractivity contribution in [3.8, 4) is 11.8 Å². The van der Waals surface area contributed by atoms with Gasteiger partial charge in [-0.1, -0.05) is 6.07 Å². The fourth-order valence-electron chi connectivity index (χ4n) is 1.79. The minimum Gasteiger partial charge on any atom is -0.497 e. The largest absolute Gasteiger partial charge is 0.497 e. The lowest BCUT2D eigenvalue weighted by atomic mass is 10.1. The Hall–Kier alpha value is -2.54. The molecule has 0 atom stereocenters. The molecule has 0 radical (unpaired) electrons. The number of hydrogen-bond acceptors (Lipinski definition) is 3. The minimum absolute atomic E-state index is 0.0118. The summed E-state index contributed by atoms with van der Waals surface area (Å²) >= 11 is 0. The van der Waals surface area contributed by atoms with E-state index in [-0.39, 0.29) is 5.56 Å². The summed E-state index contributed by atoms with van der Waals surface area (Å²) in [5.41, 5.74) is 2.23. The van der Waals surface area contributed by atoms with E-state index >= 15 is 0 Å². The van der Waals surface area contributed by atoms with Gasteiger partial charge in [0.05, 0.1) is 12.8 Å². The average molecular weight is 256 g/mol. The third-order valence-corrected chi connectivity index (χ3v) is 2.83. The third kappa shape index (κ3) is 2.66. The fourth-order valence-corrected chi connectivity index (χ4v) is 1.79. The van der Waals surface area contributed by atoms with Crippen LogP contribution >= 0.6 is 0 Å². The minimum atomic E-state index is -0.529. The second kappa shape index (κ2) is 5.40. The maximum Gasteiger partial charge on any atom is 0.143 e. The molecule has 2 aromatic rings. The van der Waals surface area contributed by atoms with Crippen LogP contribution in [0.5, 0.6) is 5.75 Å². The van der Waals surface area contributed by atoms with Gasteiger partial charge in [0.25, 0.3) is 0 Å². The van der Waals surface area contributed by atoms with Crippen LogP contribution in [-0.4, -0.2) is 7.11 Å². The Morgan fingerprint density at radius 2 is 2.00 bits per heavy atom. The van der Waals surface area contributed by atoms with Gasteiger partial charge in [0.15, 0.2) is 0 Å². The van der Waals surface area contributed by atoms with Crippen molar-refractivity contribution in [2.75, 3.05) is 12.4 Å². The topological polar surface area (TPSA) is 45.0 Å². The summed E-state index contributed by atoms with van der Waals surface area (Å²) in [6, 6.07) is 11.9. The number of rotatable bonds is 3. The van der Waals surface area contributed by atoms with Gasteiger partial charge in [0, 0.05) is 5.69 Å². The average Bonchev–Trinajstić information content (AvgIpc) is 2.41. The molecule has 0 aliphatic carbocycles. The first kappa shape index (κ1) is 12.9. The van der Waals surface area contributed by atoms with Crippen LogP contribution < -0.4 is 10.1 Å². The molecule has 19 heavy (non-hydrogen) atoms. The molecule has 0 fully saturated rings. The van der Waals surface area contributed by atoms with Gasteiger partial charge in [-0.15, -0.1) is 0 Å². The van der Waals surface area contributed by atoms with Crippen LogP contribution in [0, 0.1) is 24.1 Å². The molecule has 0 aliphatic heterocycles. The van der Waals surface area contributed by atoms with E-state index in [1.807, 2.05) is 25.1 Å². The molecule has 0 heterocycles. The third-order valence-electron chi connectivity index (χ3n) is 2.83. The van der Waals surface area contributed by atoms with E-state index in [0.717, 1.165) is 17.0 Å². The zero-order chi connectivity index (χ0) is 13.8. The van der Waals surface area contributed by atoms with E-state index in [9.17, 15) is 4.39 Å². The van der Waals surface area contributed by atoms with Crippen LogP contribution in [0.15, 0.2) is 36.4 Å². The normalized spacial score (nSPS) is 9.79. The van der Waals surface area contributed by atoms with Crippen LogP contribution in [0.1, 0.15) is 11.1 Å². The molecular formula is C15H13FN2O. The zero-order valence-corrected chi connectivity index (χ0v) is 10.7. The van der Waals surface area contributed by atoms with Gasteiger partial charge in [-0.2, -0.15) is 5.26 Å². The summed E-state index contributed by atoms with van der Waals surface area (Å²) in [6.45, 7) is 1.91. The van der Waals surface area contributed by atoms with Gasteiger partial charge < -0.3 is 10.1 Å². The van der Waals surface area contributed by atoms with Crippen LogP contribution in [-0.2, 0) is 0 Å².